The van der Waals surface area contributed by atoms with Gasteiger partial charge < -0.3 is 10.1 Å². The van der Waals surface area contributed by atoms with Crippen LogP contribution < -0.4 is 0 Å². The summed E-state index contributed by atoms with van der Waals surface area (Å²) in [6.07, 6.45) is 3.41. The van der Waals surface area contributed by atoms with E-state index in [4.69, 9.17) is 0 Å². The van der Waals surface area contributed by atoms with Gasteiger partial charge in [-0.05, 0) is 13.0 Å². The molecule has 2 aromatic rings. The van der Waals surface area contributed by atoms with E-state index in [0.29, 0.717) is 0 Å². The molecule has 4 heteroatoms. The van der Waals surface area contributed by atoms with Gasteiger partial charge in [-0.15, -0.1) is 12.4 Å². The molecule has 2 aromatic heterocycles. The molecular formula is C8H9ClN2O. The minimum Gasteiger partial charge on any atom is -0.494 e. The van der Waals surface area contributed by atoms with Crippen molar-refractivity contribution in [2.24, 2.45) is 0 Å². The van der Waals surface area contributed by atoms with Crippen molar-refractivity contribution in [1.29, 1.82) is 0 Å². The van der Waals surface area contributed by atoms with E-state index >= 15 is 0 Å². The van der Waals surface area contributed by atoms with Crippen molar-refractivity contribution in [1.82, 2.24) is 9.97 Å². The van der Waals surface area contributed by atoms with Gasteiger partial charge in [-0.25, -0.2) is 0 Å². The van der Waals surface area contributed by atoms with E-state index in [1.54, 1.807) is 12.4 Å². The summed E-state index contributed by atoms with van der Waals surface area (Å²) in [5.74, 6) is 0.230. The number of halogens is 1. The van der Waals surface area contributed by atoms with Gasteiger partial charge in [0.05, 0.1) is 11.7 Å². The van der Waals surface area contributed by atoms with Gasteiger partial charge in [0.15, 0.2) is 5.88 Å². The van der Waals surface area contributed by atoms with E-state index in [9.17, 15) is 5.11 Å². The minimum absolute atomic E-state index is 0. The lowest BCUT2D eigenvalue weighted by molar-refractivity contribution is 0.454. The van der Waals surface area contributed by atoms with Crippen LogP contribution in [0.5, 0.6) is 5.88 Å². The summed E-state index contributed by atoms with van der Waals surface area (Å²) in [7, 11) is 0. The molecule has 64 valence electrons. The number of nitrogens with one attached hydrogen (secondary N) is 1. The number of nitrogens with zero attached hydrogens (tertiary/aromatic N) is 1. The van der Waals surface area contributed by atoms with Crippen molar-refractivity contribution < 1.29 is 5.11 Å². The molecule has 0 bridgehead atoms. The first kappa shape index (κ1) is 8.87. The van der Waals surface area contributed by atoms with Crippen molar-refractivity contribution >= 4 is 23.3 Å². The molecule has 0 aliphatic rings. The summed E-state index contributed by atoms with van der Waals surface area (Å²) < 4.78 is 0. The second kappa shape index (κ2) is 3.03. The molecule has 0 amide bonds. The monoisotopic (exact) mass is 184 g/mol. The first-order chi connectivity index (χ1) is 5.29. The van der Waals surface area contributed by atoms with Crippen LogP contribution in [0.2, 0.25) is 0 Å². The van der Waals surface area contributed by atoms with Crippen molar-refractivity contribution in [3.8, 4) is 5.88 Å². The SMILES string of the molecule is Cc1c(O)[nH]c2cnccc12.Cl. The standard InChI is InChI=1S/C8H8N2O.ClH/c1-5-6-2-3-9-4-7(6)10-8(5)11;/h2-4,10-11H,1H3;1H. The van der Waals surface area contributed by atoms with E-state index in [-0.39, 0.29) is 18.3 Å². The lowest BCUT2D eigenvalue weighted by atomic mass is 10.2. The van der Waals surface area contributed by atoms with Crippen LogP contribution in [0.4, 0.5) is 0 Å². The Hall–Kier alpha value is -1.22. The Morgan fingerprint density at radius 3 is 2.92 bits per heavy atom. The molecule has 2 heterocycles. The summed E-state index contributed by atoms with van der Waals surface area (Å²) in [5, 5.41) is 10.3. The normalized spacial score (nSPS) is 9.75. The van der Waals surface area contributed by atoms with E-state index < -0.39 is 0 Å². The quantitative estimate of drug-likeness (QED) is 0.658. The van der Waals surface area contributed by atoms with Gasteiger partial charge in [-0.2, -0.15) is 0 Å². The highest BCUT2D eigenvalue weighted by Gasteiger charge is 2.03. The molecule has 0 atom stereocenters. The van der Waals surface area contributed by atoms with Gasteiger partial charge in [-0.1, -0.05) is 0 Å². The third kappa shape index (κ3) is 1.12. The molecule has 2 rings (SSSR count). The highest BCUT2D eigenvalue weighted by Crippen LogP contribution is 2.24. The summed E-state index contributed by atoms with van der Waals surface area (Å²) in [5.41, 5.74) is 1.75. The maximum absolute atomic E-state index is 9.26. The zero-order valence-corrected chi connectivity index (χ0v) is 7.35. The van der Waals surface area contributed by atoms with Crippen LogP contribution in [0.3, 0.4) is 0 Å². The van der Waals surface area contributed by atoms with Crippen LogP contribution in [0.15, 0.2) is 18.5 Å². The molecule has 0 aliphatic heterocycles. The van der Waals surface area contributed by atoms with Gasteiger partial charge in [-0.3, -0.25) is 4.98 Å². The fourth-order valence-corrected chi connectivity index (χ4v) is 1.17. The van der Waals surface area contributed by atoms with Gasteiger partial charge in [0.1, 0.15) is 0 Å². The van der Waals surface area contributed by atoms with Crippen LogP contribution in [-0.2, 0) is 0 Å². The molecule has 0 radical (unpaired) electrons. The smallest absolute Gasteiger partial charge is 0.192 e. The zero-order valence-electron chi connectivity index (χ0n) is 6.53. The predicted octanol–water partition coefficient (Wildman–Crippen LogP) is 2.00. The molecule has 3 nitrogen and oxygen atoms in total. The molecule has 0 saturated heterocycles. The Morgan fingerprint density at radius 1 is 1.50 bits per heavy atom. The van der Waals surface area contributed by atoms with Crippen LogP contribution in [-0.4, -0.2) is 15.1 Å². The summed E-state index contributed by atoms with van der Waals surface area (Å²) in [4.78, 5) is 6.74. The van der Waals surface area contributed by atoms with Crippen molar-refractivity contribution in [2.45, 2.75) is 6.92 Å². The van der Waals surface area contributed by atoms with Gasteiger partial charge in [0.25, 0.3) is 0 Å². The number of pyridine rings is 1. The van der Waals surface area contributed by atoms with Gasteiger partial charge >= 0.3 is 0 Å². The van der Waals surface area contributed by atoms with Crippen molar-refractivity contribution in [2.75, 3.05) is 0 Å². The highest BCUT2D eigenvalue weighted by molar-refractivity contribution is 5.85. The number of aryl methyl sites for hydroxylation is 1. The predicted molar refractivity (Wildman–Crippen MR) is 49.7 cm³/mol. The van der Waals surface area contributed by atoms with Gasteiger partial charge in [0.2, 0.25) is 0 Å². The third-order valence-corrected chi connectivity index (χ3v) is 1.83. The average Bonchev–Trinajstić information content (AvgIpc) is 2.30. The summed E-state index contributed by atoms with van der Waals surface area (Å²) in [6.45, 7) is 1.87. The molecule has 0 fully saturated rings. The molecule has 12 heavy (non-hydrogen) atoms. The van der Waals surface area contributed by atoms with Crippen LogP contribution in [0.25, 0.3) is 10.9 Å². The van der Waals surface area contributed by atoms with E-state index in [1.807, 2.05) is 13.0 Å². The summed E-state index contributed by atoms with van der Waals surface area (Å²) in [6, 6.07) is 1.88. The number of fused-ring (bicyclic) bond motifs is 1. The first-order valence-corrected chi connectivity index (χ1v) is 3.40. The van der Waals surface area contributed by atoms with Gasteiger partial charge in [0, 0.05) is 17.1 Å². The lowest BCUT2D eigenvalue weighted by Crippen LogP contribution is -1.70. The zero-order chi connectivity index (χ0) is 7.84. The second-order valence-electron chi connectivity index (χ2n) is 2.52. The van der Waals surface area contributed by atoms with E-state index in [2.05, 4.69) is 9.97 Å². The Balaban J connectivity index is 0.000000720. The van der Waals surface area contributed by atoms with Crippen molar-refractivity contribution in [3.63, 3.8) is 0 Å². The second-order valence-corrected chi connectivity index (χ2v) is 2.52. The van der Waals surface area contributed by atoms with Crippen molar-refractivity contribution in [3.05, 3.63) is 24.0 Å². The third-order valence-electron chi connectivity index (χ3n) is 1.83. The highest BCUT2D eigenvalue weighted by atomic mass is 35.5. The first-order valence-electron chi connectivity index (χ1n) is 3.40. The number of rotatable bonds is 0. The molecule has 0 unspecified atom stereocenters. The number of aromatic nitrogens is 2. The minimum atomic E-state index is 0. The number of aromatic hydroxyl groups is 1. The lowest BCUT2D eigenvalue weighted by Gasteiger charge is -1.86. The maximum Gasteiger partial charge on any atom is 0.192 e. The van der Waals surface area contributed by atoms with Crippen LogP contribution in [0.1, 0.15) is 5.56 Å². The van der Waals surface area contributed by atoms with E-state index in [0.717, 1.165) is 16.5 Å². The molecule has 0 aromatic carbocycles. The molecular weight excluding hydrogens is 176 g/mol. The largest absolute Gasteiger partial charge is 0.494 e. The number of H-pyrrole nitrogens is 1. The Morgan fingerprint density at radius 2 is 2.25 bits per heavy atom. The Labute approximate surface area is 75.9 Å². The number of aromatic amines is 1. The average molecular weight is 185 g/mol. The number of hydrogen-bond donors (Lipinski definition) is 2. The van der Waals surface area contributed by atoms with Crippen LogP contribution >= 0.6 is 12.4 Å². The fraction of sp³-hybridized carbons (Fsp3) is 0.125. The molecule has 0 spiro atoms. The summed E-state index contributed by atoms with van der Waals surface area (Å²) >= 11 is 0. The van der Waals surface area contributed by atoms with Crippen LogP contribution in [0, 0.1) is 6.92 Å². The Bertz CT molecular complexity index is 397. The number of hydrogen-bond acceptors (Lipinski definition) is 2. The maximum atomic E-state index is 9.26. The van der Waals surface area contributed by atoms with E-state index in [1.165, 1.54) is 0 Å². The Kier molecular flexibility index (Phi) is 2.24. The molecule has 0 saturated carbocycles. The molecule has 2 N–H and O–H groups in total. The topological polar surface area (TPSA) is 48.9 Å². The molecule has 0 aliphatic carbocycles. The fourth-order valence-electron chi connectivity index (χ4n) is 1.17.